The van der Waals surface area contributed by atoms with Crippen molar-refractivity contribution in [3.05, 3.63) is 112 Å². The number of para-hydroxylation sites is 1. The zero-order chi connectivity index (χ0) is 30.9. The van der Waals surface area contributed by atoms with Gasteiger partial charge in [0.25, 0.3) is 5.91 Å². The number of carbonyl (C=O) groups excluding carboxylic acids is 3. The summed E-state index contributed by atoms with van der Waals surface area (Å²) in [6.07, 6.45) is 5.83. The average molecular weight is 619 g/mol. The van der Waals surface area contributed by atoms with E-state index in [4.69, 9.17) is 27.9 Å². The number of ether oxygens (including phenoxy) is 1. The van der Waals surface area contributed by atoms with Crippen LogP contribution in [0.2, 0.25) is 10.0 Å². The molecule has 4 aromatic rings. The second kappa shape index (κ2) is 14.4. The summed E-state index contributed by atoms with van der Waals surface area (Å²) in [5, 5.41) is 6.78. The number of benzene rings is 2. The van der Waals surface area contributed by atoms with E-state index in [-0.39, 0.29) is 29.8 Å². The Hall–Kier alpha value is -4.73. The second-order valence-electron chi connectivity index (χ2n) is 9.41. The van der Waals surface area contributed by atoms with E-state index in [0.29, 0.717) is 34.1 Å². The summed E-state index contributed by atoms with van der Waals surface area (Å²) in [5.41, 5.74) is 3.36. The van der Waals surface area contributed by atoms with Gasteiger partial charge in [0.05, 0.1) is 17.3 Å². The number of rotatable bonds is 11. The van der Waals surface area contributed by atoms with Crippen LogP contribution in [0.1, 0.15) is 27.3 Å². The van der Waals surface area contributed by atoms with E-state index in [1.54, 1.807) is 37.4 Å². The highest BCUT2D eigenvalue weighted by atomic mass is 35.5. The minimum atomic E-state index is -0.482. The zero-order valence-electron chi connectivity index (χ0n) is 23.6. The summed E-state index contributed by atoms with van der Waals surface area (Å²) in [4.78, 5) is 47.2. The molecule has 2 aromatic heterocycles. The lowest BCUT2D eigenvalue weighted by atomic mass is 10.1. The van der Waals surface area contributed by atoms with Crippen molar-refractivity contribution < 1.29 is 19.1 Å². The maximum Gasteiger partial charge on any atom is 0.270 e. The second-order valence-corrected chi connectivity index (χ2v) is 10.2. The van der Waals surface area contributed by atoms with Crippen LogP contribution in [0, 0.1) is 6.92 Å². The number of amides is 3. The fourth-order valence-corrected chi connectivity index (χ4v) is 4.61. The quantitative estimate of drug-likeness (QED) is 0.169. The van der Waals surface area contributed by atoms with Gasteiger partial charge in [0.2, 0.25) is 11.8 Å². The number of carbonyl (C=O) groups is 3. The van der Waals surface area contributed by atoms with Gasteiger partial charge in [-0.15, -0.1) is 6.58 Å². The third kappa shape index (κ3) is 7.97. The molecule has 4 rings (SSSR count). The van der Waals surface area contributed by atoms with Crippen molar-refractivity contribution in [1.82, 2.24) is 20.6 Å². The van der Waals surface area contributed by atoms with E-state index in [1.165, 1.54) is 23.2 Å². The van der Waals surface area contributed by atoms with Gasteiger partial charge in [-0.2, -0.15) is 0 Å². The van der Waals surface area contributed by atoms with Crippen LogP contribution in [0.25, 0.3) is 17.0 Å². The lowest BCUT2D eigenvalue weighted by molar-refractivity contribution is -0.122. The largest absolute Gasteiger partial charge is 0.487 e. The van der Waals surface area contributed by atoms with Crippen LogP contribution in [0.4, 0.5) is 5.69 Å². The Balaban J connectivity index is 1.36. The molecule has 0 saturated carbocycles. The number of anilines is 1. The molecular weight excluding hydrogens is 589 g/mol. The number of nitrogens with zero attached hydrogens (tertiary/aromatic N) is 3. The summed E-state index contributed by atoms with van der Waals surface area (Å²) in [6.45, 7) is 5.57. The Bertz CT molecular complexity index is 1710. The normalized spacial score (nSPS) is 10.9. The van der Waals surface area contributed by atoms with Gasteiger partial charge >= 0.3 is 0 Å². The van der Waals surface area contributed by atoms with Gasteiger partial charge in [0, 0.05) is 47.5 Å². The van der Waals surface area contributed by atoms with Gasteiger partial charge in [0.1, 0.15) is 23.6 Å². The average Bonchev–Trinajstić information content (AvgIpc) is 3.01. The number of aryl methyl sites for hydroxylation is 1. The number of fused-ring (bicyclic) bond motifs is 1. The molecule has 0 saturated heterocycles. The van der Waals surface area contributed by atoms with Crippen LogP contribution in [-0.2, 0) is 16.2 Å². The van der Waals surface area contributed by atoms with Crippen molar-refractivity contribution in [1.29, 1.82) is 0 Å². The lowest BCUT2D eigenvalue weighted by Gasteiger charge is -2.21. The van der Waals surface area contributed by atoms with Crippen molar-refractivity contribution in [2.45, 2.75) is 13.5 Å². The molecular formula is C32H29Cl2N5O4. The lowest BCUT2D eigenvalue weighted by Crippen LogP contribution is -2.37. The fourth-order valence-electron chi connectivity index (χ4n) is 4.00. The molecule has 0 unspecified atom stereocenters. The topological polar surface area (TPSA) is 114 Å². The number of hydrogen-bond donors (Lipinski definition) is 2. The molecule has 3 amide bonds. The molecule has 9 nitrogen and oxygen atoms in total. The molecule has 2 aromatic carbocycles. The molecule has 0 atom stereocenters. The highest BCUT2D eigenvalue weighted by Crippen LogP contribution is 2.35. The van der Waals surface area contributed by atoms with Crippen LogP contribution < -0.4 is 20.3 Å². The minimum absolute atomic E-state index is 0.0547. The summed E-state index contributed by atoms with van der Waals surface area (Å²) < 4.78 is 6.07. The van der Waals surface area contributed by atoms with Gasteiger partial charge in [-0.1, -0.05) is 53.5 Å². The maximum atomic E-state index is 12.9. The Kier molecular flexibility index (Phi) is 10.5. The van der Waals surface area contributed by atoms with E-state index in [2.05, 4.69) is 27.2 Å². The van der Waals surface area contributed by atoms with E-state index in [0.717, 1.165) is 16.6 Å². The first-order chi connectivity index (χ1) is 20.7. The van der Waals surface area contributed by atoms with Crippen LogP contribution in [0.5, 0.6) is 5.75 Å². The SMILES string of the molecule is C=CCNC(=O)c1ccc(/C=C/C(=O)NCC(=O)N(C)c2ccc(Cl)c(COc3cccc4ccc(C)nc34)c2Cl)cn1. The van der Waals surface area contributed by atoms with Gasteiger partial charge < -0.3 is 20.3 Å². The third-order valence-electron chi connectivity index (χ3n) is 6.36. The summed E-state index contributed by atoms with van der Waals surface area (Å²) in [6, 6.07) is 16.0. The molecule has 0 aliphatic carbocycles. The molecule has 0 aliphatic heterocycles. The summed E-state index contributed by atoms with van der Waals surface area (Å²) in [5.74, 6) is -0.624. The van der Waals surface area contributed by atoms with Crippen molar-refractivity contribution in [3.63, 3.8) is 0 Å². The van der Waals surface area contributed by atoms with Crippen molar-refractivity contribution in [2.75, 3.05) is 25.0 Å². The highest BCUT2D eigenvalue weighted by molar-refractivity contribution is 6.38. The van der Waals surface area contributed by atoms with Crippen molar-refractivity contribution >= 4 is 63.6 Å². The predicted octanol–water partition coefficient (Wildman–Crippen LogP) is 5.53. The molecule has 43 heavy (non-hydrogen) atoms. The number of pyridine rings is 2. The molecule has 2 N–H and O–H groups in total. The molecule has 2 heterocycles. The standard InChI is InChI=1S/C32H29Cl2N5O4/c1-4-16-35-32(42)25-13-9-21(17-36-25)10-15-28(40)37-18-29(41)39(3)26-14-12-24(33)23(30(26)34)19-43-27-7-5-6-22-11-8-20(2)38-31(22)27/h4-15,17H,1,16,18-19H2,2-3H3,(H,35,42)(H,37,40)/b15-10+. The van der Waals surface area contributed by atoms with Gasteiger partial charge in [0.15, 0.2) is 0 Å². The summed E-state index contributed by atoms with van der Waals surface area (Å²) >= 11 is 13.1. The minimum Gasteiger partial charge on any atom is -0.487 e. The molecule has 0 spiro atoms. The first kappa shape index (κ1) is 31.2. The van der Waals surface area contributed by atoms with Crippen LogP contribution >= 0.6 is 23.2 Å². The Morgan fingerprint density at radius 3 is 2.60 bits per heavy atom. The van der Waals surface area contributed by atoms with E-state index < -0.39 is 11.8 Å². The Morgan fingerprint density at radius 2 is 1.86 bits per heavy atom. The van der Waals surface area contributed by atoms with Crippen molar-refractivity contribution in [2.24, 2.45) is 0 Å². The number of aromatic nitrogens is 2. The molecule has 0 bridgehead atoms. The van der Waals surface area contributed by atoms with E-state index in [9.17, 15) is 14.4 Å². The van der Waals surface area contributed by atoms with E-state index >= 15 is 0 Å². The predicted molar refractivity (Wildman–Crippen MR) is 169 cm³/mol. The number of nitrogens with one attached hydrogen (secondary N) is 2. The van der Waals surface area contributed by atoms with Gasteiger partial charge in [-0.25, -0.2) is 4.98 Å². The van der Waals surface area contributed by atoms with Crippen LogP contribution in [0.3, 0.4) is 0 Å². The van der Waals surface area contributed by atoms with Crippen LogP contribution in [0.15, 0.2) is 79.5 Å². The molecule has 0 aliphatic rings. The van der Waals surface area contributed by atoms with Gasteiger partial charge in [-0.05, 0) is 48.9 Å². The zero-order valence-corrected chi connectivity index (χ0v) is 25.1. The first-order valence-corrected chi connectivity index (χ1v) is 14.0. The molecule has 220 valence electrons. The van der Waals surface area contributed by atoms with Crippen molar-refractivity contribution in [3.8, 4) is 5.75 Å². The maximum absolute atomic E-state index is 12.9. The van der Waals surface area contributed by atoms with E-state index in [1.807, 2.05) is 37.3 Å². The molecule has 0 fully saturated rings. The first-order valence-electron chi connectivity index (χ1n) is 13.2. The highest BCUT2D eigenvalue weighted by Gasteiger charge is 2.19. The monoisotopic (exact) mass is 617 g/mol. The number of likely N-dealkylation sites (N-methyl/N-ethyl adjacent to an activating group) is 1. The third-order valence-corrected chi connectivity index (χ3v) is 7.14. The molecule has 11 heteroatoms. The summed E-state index contributed by atoms with van der Waals surface area (Å²) in [7, 11) is 1.56. The fraction of sp³-hybridized carbons (Fsp3) is 0.156. The Labute approximate surface area is 259 Å². The van der Waals surface area contributed by atoms with Crippen LogP contribution in [-0.4, -0.2) is 47.8 Å². The molecule has 0 radical (unpaired) electrons. The smallest absolute Gasteiger partial charge is 0.270 e. The number of halogens is 2. The van der Waals surface area contributed by atoms with Gasteiger partial charge in [-0.3, -0.25) is 19.4 Å². The number of hydrogen-bond acceptors (Lipinski definition) is 6. The Morgan fingerprint density at radius 1 is 1.05 bits per heavy atom.